The van der Waals surface area contributed by atoms with Crippen molar-refractivity contribution in [3.8, 4) is 0 Å². The van der Waals surface area contributed by atoms with Crippen molar-refractivity contribution in [2.45, 2.75) is 25.7 Å². The van der Waals surface area contributed by atoms with Crippen molar-refractivity contribution in [1.29, 1.82) is 0 Å². The SMILES string of the molecule is C=CCSCCNc1ncnc2c1CCCC2. The molecule has 1 aliphatic rings. The standard InChI is InChI=1S/C13H19N3S/c1-2-8-17-9-7-14-13-11-5-3-4-6-12(11)15-10-16-13/h2,10H,1,3-9H2,(H,14,15,16). The molecule has 0 aromatic carbocycles. The Morgan fingerprint density at radius 3 is 3.12 bits per heavy atom. The van der Waals surface area contributed by atoms with Gasteiger partial charge in [0.15, 0.2) is 0 Å². The van der Waals surface area contributed by atoms with Crippen LogP contribution >= 0.6 is 11.8 Å². The largest absolute Gasteiger partial charge is 0.369 e. The van der Waals surface area contributed by atoms with E-state index in [1.54, 1.807) is 6.33 Å². The van der Waals surface area contributed by atoms with Crippen LogP contribution in [-0.4, -0.2) is 28.0 Å². The molecular weight excluding hydrogens is 230 g/mol. The highest BCUT2D eigenvalue weighted by molar-refractivity contribution is 7.99. The molecule has 0 saturated carbocycles. The maximum absolute atomic E-state index is 4.37. The lowest BCUT2D eigenvalue weighted by Gasteiger charge is -2.17. The van der Waals surface area contributed by atoms with E-state index in [0.29, 0.717) is 0 Å². The minimum Gasteiger partial charge on any atom is -0.369 e. The lowest BCUT2D eigenvalue weighted by molar-refractivity contribution is 0.663. The van der Waals surface area contributed by atoms with E-state index in [4.69, 9.17) is 0 Å². The molecule has 0 fully saturated rings. The first-order valence-electron chi connectivity index (χ1n) is 6.17. The highest BCUT2D eigenvalue weighted by atomic mass is 32.2. The van der Waals surface area contributed by atoms with Gasteiger partial charge in [0.25, 0.3) is 0 Å². The molecule has 3 nitrogen and oxygen atoms in total. The van der Waals surface area contributed by atoms with Crippen molar-refractivity contribution in [2.24, 2.45) is 0 Å². The van der Waals surface area contributed by atoms with Gasteiger partial charge in [-0.15, -0.1) is 6.58 Å². The van der Waals surface area contributed by atoms with Gasteiger partial charge in [-0.2, -0.15) is 11.8 Å². The van der Waals surface area contributed by atoms with Crippen LogP contribution < -0.4 is 5.32 Å². The zero-order valence-electron chi connectivity index (χ0n) is 10.1. The summed E-state index contributed by atoms with van der Waals surface area (Å²) in [5, 5.41) is 3.43. The van der Waals surface area contributed by atoms with E-state index in [9.17, 15) is 0 Å². The highest BCUT2D eigenvalue weighted by Crippen LogP contribution is 2.24. The Balaban J connectivity index is 1.89. The van der Waals surface area contributed by atoms with Crippen molar-refractivity contribution < 1.29 is 0 Å². The fraction of sp³-hybridized carbons (Fsp3) is 0.538. The molecule has 0 unspecified atom stereocenters. The molecule has 0 bridgehead atoms. The number of anilines is 1. The molecule has 92 valence electrons. The van der Waals surface area contributed by atoms with Gasteiger partial charge in [0.05, 0.1) is 0 Å². The van der Waals surface area contributed by atoms with E-state index in [1.807, 2.05) is 17.8 Å². The molecule has 0 atom stereocenters. The van der Waals surface area contributed by atoms with E-state index in [0.717, 1.165) is 36.7 Å². The maximum Gasteiger partial charge on any atom is 0.132 e. The van der Waals surface area contributed by atoms with E-state index >= 15 is 0 Å². The molecule has 1 aromatic rings. The van der Waals surface area contributed by atoms with Gasteiger partial charge in [-0.3, -0.25) is 0 Å². The van der Waals surface area contributed by atoms with E-state index < -0.39 is 0 Å². The zero-order valence-corrected chi connectivity index (χ0v) is 10.9. The summed E-state index contributed by atoms with van der Waals surface area (Å²) in [5.41, 5.74) is 2.58. The van der Waals surface area contributed by atoms with Gasteiger partial charge in [-0.1, -0.05) is 6.08 Å². The fourth-order valence-corrected chi connectivity index (χ4v) is 2.66. The van der Waals surface area contributed by atoms with Gasteiger partial charge in [0.1, 0.15) is 12.1 Å². The summed E-state index contributed by atoms with van der Waals surface area (Å²) in [6.07, 6.45) is 8.38. The van der Waals surface area contributed by atoms with Crippen LogP contribution in [0.25, 0.3) is 0 Å². The molecule has 0 spiro atoms. The summed E-state index contributed by atoms with van der Waals surface area (Å²) in [7, 11) is 0. The number of nitrogens with one attached hydrogen (secondary N) is 1. The monoisotopic (exact) mass is 249 g/mol. The second-order valence-corrected chi connectivity index (χ2v) is 5.29. The molecule has 0 radical (unpaired) electrons. The van der Waals surface area contributed by atoms with Gasteiger partial charge in [-0.05, 0) is 25.7 Å². The van der Waals surface area contributed by atoms with Crippen molar-refractivity contribution in [3.63, 3.8) is 0 Å². The third-order valence-electron chi connectivity index (χ3n) is 2.90. The van der Waals surface area contributed by atoms with Gasteiger partial charge in [0, 0.05) is 29.3 Å². The number of thioether (sulfide) groups is 1. The van der Waals surface area contributed by atoms with Crippen LogP contribution in [0.4, 0.5) is 5.82 Å². The molecule has 1 N–H and O–H groups in total. The predicted molar refractivity (Wildman–Crippen MR) is 74.7 cm³/mol. The molecule has 2 rings (SSSR count). The summed E-state index contributed by atoms with van der Waals surface area (Å²) in [4.78, 5) is 8.73. The van der Waals surface area contributed by atoms with Crippen molar-refractivity contribution in [3.05, 3.63) is 30.2 Å². The quantitative estimate of drug-likeness (QED) is 0.621. The Hall–Kier alpha value is -1.03. The number of hydrogen-bond donors (Lipinski definition) is 1. The van der Waals surface area contributed by atoms with E-state index in [2.05, 4.69) is 21.9 Å². The summed E-state index contributed by atoms with van der Waals surface area (Å²) < 4.78 is 0. The molecule has 17 heavy (non-hydrogen) atoms. The molecule has 4 heteroatoms. The highest BCUT2D eigenvalue weighted by Gasteiger charge is 2.14. The van der Waals surface area contributed by atoms with Gasteiger partial charge < -0.3 is 5.32 Å². The van der Waals surface area contributed by atoms with Crippen molar-refractivity contribution >= 4 is 17.6 Å². The van der Waals surface area contributed by atoms with Crippen molar-refractivity contribution in [2.75, 3.05) is 23.4 Å². The number of aryl methyl sites for hydroxylation is 1. The van der Waals surface area contributed by atoms with Crippen LogP contribution in [0.3, 0.4) is 0 Å². The number of rotatable bonds is 6. The summed E-state index contributed by atoms with van der Waals surface area (Å²) >= 11 is 1.89. The fourth-order valence-electron chi connectivity index (χ4n) is 2.08. The summed E-state index contributed by atoms with van der Waals surface area (Å²) in [5.74, 6) is 3.16. The molecule has 1 aliphatic carbocycles. The molecule has 0 aliphatic heterocycles. The second kappa shape index (κ2) is 6.64. The Morgan fingerprint density at radius 2 is 2.24 bits per heavy atom. The maximum atomic E-state index is 4.37. The smallest absolute Gasteiger partial charge is 0.132 e. The van der Waals surface area contributed by atoms with Gasteiger partial charge in [0.2, 0.25) is 0 Å². The van der Waals surface area contributed by atoms with Crippen LogP contribution in [0, 0.1) is 0 Å². The molecular formula is C13H19N3S. The first-order valence-corrected chi connectivity index (χ1v) is 7.32. The Bertz CT molecular complexity index is 379. The topological polar surface area (TPSA) is 37.8 Å². The Morgan fingerprint density at radius 1 is 1.35 bits per heavy atom. The number of nitrogens with zero attached hydrogens (tertiary/aromatic N) is 2. The average molecular weight is 249 g/mol. The molecule has 1 aromatic heterocycles. The Kier molecular flexibility index (Phi) is 4.86. The Labute approximate surface area is 107 Å². The minimum atomic E-state index is 0.960. The van der Waals surface area contributed by atoms with Gasteiger partial charge in [-0.25, -0.2) is 9.97 Å². The van der Waals surface area contributed by atoms with E-state index in [1.165, 1.54) is 24.1 Å². The summed E-state index contributed by atoms with van der Waals surface area (Å²) in [6, 6.07) is 0. The molecule has 0 amide bonds. The molecule has 0 saturated heterocycles. The first kappa shape index (κ1) is 12.4. The van der Waals surface area contributed by atoms with Crippen LogP contribution in [-0.2, 0) is 12.8 Å². The van der Waals surface area contributed by atoms with Crippen LogP contribution in [0.15, 0.2) is 19.0 Å². The predicted octanol–water partition coefficient (Wildman–Crippen LogP) is 2.69. The third kappa shape index (κ3) is 3.46. The average Bonchev–Trinajstić information content (AvgIpc) is 2.39. The third-order valence-corrected chi connectivity index (χ3v) is 3.86. The van der Waals surface area contributed by atoms with Crippen LogP contribution in [0.1, 0.15) is 24.1 Å². The first-order chi connectivity index (χ1) is 8.42. The van der Waals surface area contributed by atoms with Crippen molar-refractivity contribution in [1.82, 2.24) is 9.97 Å². The zero-order chi connectivity index (χ0) is 11.9. The second-order valence-electron chi connectivity index (χ2n) is 4.14. The van der Waals surface area contributed by atoms with Crippen LogP contribution in [0.5, 0.6) is 0 Å². The number of hydrogen-bond acceptors (Lipinski definition) is 4. The lowest BCUT2D eigenvalue weighted by Crippen LogP contribution is -2.13. The number of fused-ring (bicyclic) bond motifs is 1. The summed E-state index contributed by atoms with van der Waals surface area (Å²) in [6.45, 7) is 4.67. The van der Waals surface area contributed by atoms with Crippen LogP contribution in [0.2, 0.25) is 0 Å². The van der Waals surface area contributed by atoms with Gasteiger partial charge >= 0.3 is 0 Å². The molecule has 1 heterocycles. The lowest BCUT2D eigenvalue weighted by atomic mass is 9.96. The van der Waals surface area contributed by atoms with E-state index in [-0.39, 0.29) is 0 Å². The normalized spacial score (nSPS) is 14.1. The number of aromatic nitrogens is 2. The minimum absolute atomic E-state index is 0.960.